The van der Waals surface area contributed by atoms with Gasteiger partial charge in [0.25, 0.3) is 0 Å². The first-order valence-electron chi connectivity index (χ1n) is 6.18. The molecule has 0 aliphatic carbocycles. The lowest BCUT2D eigenvalue weighted by Gasteiger charge is -2.22. The Kier molecular flexibility index (Phi) is 4.12. The van der Waals surface area contributed by atoms with Gasteiger partial charge in [0, 0.05) is 0 Å². The summed E-state index contributed by atoms with van der Waals surface area (Å²) in [5.41, 5.74) is 3.41. The van der Waals surface area contributed by atoms with Crippen LogP contribution in [0.4, 0.5) is 4.39 Å². The van der Waals surface area contributed by atoms with E-state index in [0.29, 0.717) is 11.8 Å². The molecule has 1 rings (SSSR count). The van der Waals surface area contributed by atoms with Crippen molar-refractivity contribution in [3.05, 3.63) is 34.6 Å². The molecular formula is C15H23F. The maximum atomic E-state index is 13.9. The Morgan fingerprint density at radius 3 is 1.62 bits per heavy atom. The molecule has 0 fully saturated rings. The molecule has 0 spiro atoms. The third-order valence-electron chi connectivity index (χ3n) is 3.04. The zero-order valence-electron chi connectivity index (χ0n) is 11.3. The van der Waals surface area contributed by atoms with Gasteiger partial charge in [0.1, 0.15) is 5.82 Å². The molecule has 0 aliphatic rings. The first kappa shape index (κ1) is 13.2. The monoisotopic (exact) mass is 222 g/mol. The van der Waals surface area contributed by atoms with E-state index >= 15 is 0 Å². The SMILES string of the molecule is CC(C)c1ccc(F)c(C(C)C)c1C(C)C. The third-order valence-corrected chi connectivity index (χ3v) is 3.04. The fourth-order valence-electron chi connectivity index (χ4n) is 2.36. The number of hydrogen-bond acceptors (Lipinski definition) is 0. The van der Waals surface area contributed by atoms with Gasteiger partial charge in [0.05, 0.1) is 0 Å². The first-order chi connectivity index (χ1) is 7.36. The standard InChI is InChI=1S/C15H23F/c1-9(2)12-7-8-13(16)15(11(5)6)14(12)10(3)4/h7-11H,1-6H3. The summed E-state index contributed by atoms with van der Waals surface area (Å²) < 4.78 is 13.9. The van der Waals surface area contributed by atoms with Gasteiger partial charge in [-0.2, -0.15) is 0 Å². The minimum Gasteiger partial charge on any atom is -0.207 e. The fraction of sp³-hybridized carbons (Fsp3) is 0.600. The molecule has 0 radical (unpaired) electrons. The highest BCUT2D eigenvalue weighted by molar-refractivity contribution is 5.42. The van der Waals surface area contributed by atoms with E-state index in [9.17, 15) is 4.39 Å². The molecule has 16 heavy (non-hydrogen) atoms. The van der Waals surface area contributed by atoms with Crippen LogP contribution in [0, 0.1) is 5.82 Å². The van der Waals surface area contributed by atoms with Gasteiger partial charge in [0.15, 0.2) is 0 Å². The molecule has 0 unspecified atom stereocenters. The largest absolute Gasteiger partial charge is 0.207 e. The van der Waals surface area contributed by atoms with E-state index in [-0.39, 0.29) is 11.7 Å². The van der Waals surface area contributed by atoms with Crippen molar-refractivity contribution in [2.75, 3.05) is 0 Å². The van der Waals surface area contributed by atoms with Crippen molar-refractivity contribution in [2.24, 2.45) is 0 Å². The van der Waals surface area contributed by atoms with Gasteiger partial charge in [-0.05, 0) is 40.5 Å². The normalized spacial score (nSPS) is 11.9. The van der Waals surface area contributed by atoms with Gasteiger partial charge in [-0.3, -0.25) is 0 Å². The van der Waals surface area contributed by atoms with E-state index in [4.69, 9.17) is 0 Å². The zero-order valence-corrected chi connectivity index (χ0v) is 11.3. The Morgan fingerprint density at radius 2 is 1.25 bits per heavy atom. The molecule has 1 aromatic rings. The highest BCUT2D eigenvalue weighted by atomic mass is 19.1. The molecular weight excluding hydrogens is 199 g/mol. The molecule has 0 N–H and O–H groups in total. The van der Waals surface area contributed by atoms with Gasteiger partial charge >= 0.3 is 0 Å². The molecule has 90 valence electrons. The van der Waals surface area contributed by atoms with Crippen LogP contribution >= 0.6 is 0 Å². The van der Waals surface area contributed by atoms with E-state index < -0.39 is 0 Å². The number of benzene rings is 1. The summed E-state index contributed by atoms with van der Waals surface area (Å²) in [6.45, 7) is 12.8. The summed E-state index contributed by atoms with van der Waals surface area (Å²) in [6.07, 6.45) is 0. The molecule has 1 aromatic carbocycles. The van der Waals surface area contributed by atoms with Gasteiger partial charge in [0.2, 0.25) is 0 Å². The van der Waals surface area contributed by atoms with Crippen LogP contribution < -0.4 is 0 Å². The quantitative estimate of drug-likeness (QED) is 0.659. The summed E-state index contributed by atoms with van der Waals surface area (Å²) in [6, 6.07) is 3.57. The van der Waals surface area contributed by atoms with Crippen molar-refractivity contribution < 1.29 is 4.39 Å². The zero-order chi connectivity index (χ0) is 12.5. The Bertz CT molecular complexity index is 362. The van der Waals surface area contributed by atoms with Gasteiger partial charge in [-0.1, -0.05) is 47.6 Å². The van der Waals surface area contributed by atoms with Crippen molar-refractivity contribution in [3.63, 3.8) is 0 Å². The number of rotatable bonds is 3. The molecule has 0 bridgehead atoms. The summed E-state index contributed by atoms with van der Waals surface area (Å²) in [5, 5.41) is 0. The van der Waals surface area contributed by atoms with Crippen molar-refractivity contribution in [2.45, 2.75) is 59.3 Å². The molecule has 0 aliphatic heterocycles. The highest BCUT2D eigenvalue weighted by Crippen LogP contribution is 2.34. The van der Waals surface area contributed by atoms with Crippen LogP contribution in [-0.2, 0) is 0 Å². The Labute approximate surface area is 98.9 Å². The van der Waals surface area contributed by atoms with Crippen LogP contribution in [0.3, 0.4) is 0 Å². The predicted molar refractivity (Wildman–Crippen MR) is 68.7 cm³/mol. The maximum absolute atomic E-state index is 13.9. The fourth-order valence-corrected chi connectivity index (χ4v) is 2.36. The van der Waals surface area contributed by atoms with E-state index in [1.54, 1.807) is 6.07 Å². The molecule has 0 aromatic heterocycles. The van der Waals surface area contributed by atoms with Crippen LogP contribution in [0.25, 0.3) is 0 Å². The van der Waals surface area contributed by atoms with Crippen molar-refractivity contribution in [1.82, 2.24) is 0 Å². The molecule has 0 atom stereocenters. The molecule has 0 saturated heterocycles. The Hall–Kier alpha value is -0.850. The summed E-state index contributed by atoms with van der Waals surface area (Å²) in [7, 11) is 0. The minimum atomic E-state index is -0.0527. The van der Waals surface area contributed by atoms with Crippen LogP contribution in [-0.4, -0.2) is 0 Å². The second kappa shape index (κ2) is 4.99. The summed E-state index contributed by atoms with van der Waals surface area (Å²) in [5.74, 6) is 1.03. The van der Waals surface area contributed by atoms with E-state index in [1.165, 1.54) is 11.1 Å². The molecule has 0 amide bonds. The van der Waals surface area contributed by atoms with Crippen LogP contribution in [0.2, 0.25) is 0 Å². The van der Waals surface area contributed by atoms with Crippen LogP contribution in [0.15, 0.2) is 12.1 Å². The maximum Gasteiger partial charge on any atom is 0.126 e. The molecule has 0 nitrogen and oxygen atoms in total. The topological polar surface area (TPSA) is 0 Å². The lowest BCUT2D eigenvalue weighted by molar-refractivity contribution is 0.585. The highest BCUT2D eigenvalue weighted by Gasteiger charge is 2.19. The van der Waals surface area contributed by atoms with Crippen molar-refractivity contribution in [3.8, 4) is 0 Å². The minimum absolute atomic E-state index is 0.0527. The smallest absolute Gasteiger partial charge is 0.126 e. The second-order valence-corrected chi connectivity index (χ2v) is 5.43. The van der Waals surface area contributed by atoms with Crippen LogP contribution in [0.5, 0.6) is 0 Å². The summed E-state index contributed by atoms with van der Waals surface area (Å²) >= 11 is 0. The second-order valence-electron chi connectivity index (χ2n) is 5.43. The first-order valence-corrected chi connectivity index (χ1v) is 6.18. The van der Waals surface area contributed by atoms with E-state index in [1.807, 2.05) is 6.07 Å². The molecule has 1 heteroatoms. The Morgan fingerprint density at radius 1 is 0.750 bits per heavy atom. The lowest BCUT2D eigenvalue weighted by Crippen LogP contribution is -2.07. The number of hydrogen-bond donors (Lipinski definition) is 0. The lowest BCUT2D eigenvalue weighted by atomic mass is 9.83. The molecule has 0 heterocycles. The molecule has 0 saturated carbocycles. The third kappa shape index (κ3) is 2.45. The van der Waals surface area contributed by atoms with Gasteiger partial charge in [-0.25, -0.2) is 4.39 Å². The summed E-state index contributed by atoms with van der Waals surface area (Å²) in [4.78, 5) is 0. The average Bonchev–Trinajstić information content (AvgIpc) is 2.15. The van der Waals surface area contributed by atoms with Crippen molar-refractivity contribution in [1.29, 1.82) is 0 Å². The van der Waals surface area contributed by atoms with Gasteiger partial charge < -0.3 is 0 Å². The van der Waals surface area contributed by atoms with E-state index in [2.05, 4.69) is 41.5 Å². The van der Waals surface area contributed by atoms with Crippen molar-refractivity contribution >= 4 is 0 Å². The predicted octanol–water partition coefficient (Wildman–Crippen LogP) is 5.20. The Balaban J connectivity index is 3.50. The van der Waals surface area contributed by atoms with Crippen LogP contribution in [0.1, 0.15) is 76.0 Å². The average molecular weight is 222 g/mol. The van der Waals surface area contributed by atoms with E-state index in [0.717, 1.165) is 5.56 Å². The number of halogens is 1. The van der Waals surface area contributed by atoms with Gasteiger partial charge in [-0.15, -0.1) is 0 Å².